The second kappa shape index (κ2) is 7.85. The van der Waals surface area contributed by atoms with E-state index in [9.17, 15) is 13.2 Å². The van der Waals surface area contributed by atoms with Crippen LogP contribution in [0.4, 0.5) is 0 Å². The van der Waals surface area contributed by atoms with E-state index in [1.165, 1.54) is 14.2 Å². The van der Waals surface area contributed by atoms with Gasteiger partial charge in [-0.15, -0.1) is 0 Å². The van der Waals surface area contributed by atoms with Gasteiger partial charge in [-0.1, -0.05) is 0 Å². The molecule has 134 valence electrons. The number of likely N-dealkylation sites (tertiary alicyclic amines) is 1. The number of nitrogens with zero attached hydrogens (tertiary/aromatic N) is 1. The summed E-state index contributed by atoms with van der Waals surface area (Å²) in [6.07, 6.45) is 1.21. The summed E-state index contributed by atoms with van der Waals surface area (Å²) in [5.41, 5.74) is 0.499. The summed E-state index contributed by atoms with van der Waals surface area (Å²) in [7, 11) is -0.141. The third-order valence-electron chi connectivity index (χ3n) is 4.11. The van der Waals surface area contributed by atoms with Crippen molar-refractivity contribution < 1.29 is 22.7 Å². The van der Waals surface area contributed by atoms with Crippen molar-refractivity contribution in [2.24, 2.45) is 0 Å². The van der Waals surface area contributed by atoms with Crippen molar-refractivity contribution in [1.29, 1.82) is 0 Å². The summed E-state index contributed by atoms with van der Waals surface area (Å²) in [6.45, 7) is 2.63. The normalized spacial score (nSPS) is 16.0. The highest BCUT2D eigenvalue weighted by molar-refractivity contribution is 7.89. The molecule has 0 unspecified atom stereocenters. The van der Waals surface area contributed by atoms with Crippen molar-refractivity contribution in [1.82, 2.24) is 9.62 Å². The van der Waals surface area contributed by atoms with Gasteiger partial charge >= 0.3 is 0 Å². The molecule has 1 N–H and O–H groups in total. The highest BCUT2D eigenvalue weighted by atomic mass is 32.2. The fourth-order valence-electron chi connectivity index (χ4n) is 2.65. The maximum absolute atomic E-state index is 12.7. The Balaban J connectivity index is 2.03. The highest BCUT2D eigenvalue weighted by Crippen LogP contribution is 2.24. The fourth-order valence-corrected chi connectivity index (χ4v) is 3.56. The average Bonchev–Trinajstić information content (AvgIpc) is 2.61. The molecule has 0 spiro atoms. The number of piperidine rings is 1. The van der Waals surface area contributed by atoms with Gasteiger partial charge in [0.1, 0.15) is 11.5 Å². The first-order valence-corrected chi connectivity index (χ1v) is 9.56. The number of carbonyl (C=O) groups excluding carboxylic acids is 1. The number of sulfonamides is 1. The van der Waals surface area contributed by atoms with Gasteiger partial charge in [0.15, 0.2) is 0 Å². The lowest BCUT2D eigenvalue weighted by Gasteiger charge is -2.32. The number of hydrogen-bond donors (Lipinski definition) is 1. The first-order chi connectivity index (χ1) is 11.4. The molecule has 0 radical (unpaired) electrons. The maximum Gasteiger partial charge on any atom is 0.254 e. The van der Waals surface area contributed by atoms with Crippen LogP contribution in [0, 0.1) is 0 Å². The van der Waals surface area contributed by atoms with Crippen LogP contribution in [-0.4, -0.2) is 58.3 Å². The average molecular weight is 356 g/mol. The molecule has 1 aliphatic rings. The van der Waals surface area contributed by atoms with Gasteiger partial charge in [-0.3, -0.25) is 4.79 Å². The van der Waals surface area contributed by atoms with Gasteiger partial charge in [-0.25, -0.2) is 13.1 Å². The van der Waals surface area contributed by atoms with Crippen molar-refractivity contribution in [3.63, 3.8) is 0 Å². The Morgan fingerprint density at radius 1 is 1.17 bits per heavy atom. The minimum absolute atomic E-state index is 0.0652. The first kappa shape index (κ1) is 18.5. The van der Waals surface area contributed by atoms with E-state index in [0.717, 1.165) is 0 Å². The van der Waals surface area contributed by atoms with Crippen molar-refractivity contribution >= 4 is 15.9 Å². The van der Waals surface area contributed by atoms with Gasteiger partial charge in [0, 0.05) is 30.8 Å². The lowest BCUT2D eigenvalue weighted by molar-refractivity contribution is 0.0710. The summed E-state index contributed by atoms with van der Waals surface area (Å²) < 4.78 is 36.3. The molecular weight excluding hydrogens is 332 g/mol. The molecule has 0 saturated carbocycles. The number of ether oxygens (including phenoxy) is 2. The number of hydrogen-bond acceptors (Lipinski definition) is 5. The van der Waals surface area contributed by atoms with E-state index in [2.05, 4.69) is 4.72 Å². The number of nitrogens with one attached hydrogen (secondary N) is 1. The SMILES string of the molecule is CCS(=O)(=O)NC1CCN(C(=O)c2cc(OC)cc(OC)c2)CC1. The lowest BCUT2D eigenvalue weighted by Crippen LogP contribution is -2.46. The van der Waals surface area contributed by atoms with Crippen molar-refractivity contribution in [2.45, 2.75) is 25.8 Å². The Morgan fingerprint density at radius 2 is 1.71 bits per heavy atom. The minimum atomic E-state index is -3.21. The summed E-state index contributed by atoms with van der Waals surface area (Å²) in [6, 6.07) is 4.95. The zero-order valence-electron chi connectivity index (χ0n) is 14.2. The molecule has 1 aromatic rings. The second-order valence-corrected chi connectivity index (χ2v) is 7.73. The van der Waals surface area contributed by atoms with E-state index >= 15 is 0 Å². The molecule has 1 saturated heterocycles. The van der Waals surface area contributed by atoms with Crippen molar-refractivity contribution in [3.8, 4) is 11.5 Å². The number of carbonyl (C=O) groups is 1. The quantitative estimate of drug-likeness (QED) is 0.829. The first-order valence-electron chi connectivity index (χ1n) is 7.91. The number of rotatable bonds is 6. The van der Waals surface area contributed by atoms with E-state index in [4.69, 9.17) is 9.47 Å². The van der Waals surface area contributed by atoms with Gasteiger partial charge in [-0.05, 0) is 31.9 Å². The number of methoxy groups -OCH3 is 2. The zero-order valence-corrected chi connectivity index (χ0v) is 15.1. The minimum Gasteiger partial charge on any atom is -0.497 e. The van der Waals surface area contributed by atoms with Crippen LogP contribution in [0.3, 0.4) is 0 Å². The number of amides is 1. The summed E-state index contributed by atoms with van der Waals surface area (Å²) >= 11 is 0. The van der Waals surface area contributed by atoms with Crippen LogP contribution in [0.1, 0.15) is 30.1 Å². The maximum atomic E-state index is 12.7. The Kier molecular flexibility index (Phi) is 6.06. The van der Waals surface area contributed by atoms with Crippen LogP contribution in [0.25, 0.3) is 0 Å². The third kappa shape index (κ3) is 4.61. The zero-order chi connectivity index (χ0) is 17.7. The molecule has 0 aromatic heterocycles. The number of benzene rings is 1. The molecular formula is C16H24N2O5S. The van der Waals surface area contributed by atoms with Gasteiger partial charge in [0.2, 0.25) is 10.0 Å². The molecule has 8 heteroatoms. The Bertz CT molecular complexity index is 659. The third-order valence-corrected chi connectivity index (χ3v) is 5.56. The van der Waals surface area contributed by atoms with E-state index in [0.29, 0.717) is 43.0 Å². The smallest absolute Gasteiger partial charge is 0.254 e. The van der Waals surface area contributed by atoms with E-state index in [-0.39, 0.29) is 17.7 Å². The van der Waals surface area contributed by atoms with Crippen LogP contribution in [0.15, 0.2) is 18.2 Å². The van der Waals surface area contributed by atoms with Gasteiger partial charge < -0.3 is 14.4 Å². The van der Waals surface area contributed by atoms with E-state index in [1.54, 1.807) is 30.0 Å². The van der Waals surface area contributed by atoms with Crippen LogP contribution in [0.2, 0.25) is 0 Å². The van der Waals surface area contributed by atoms with Crippen LogP contribution >= 0.6 is 0 Å². The summed E-state index contributed by atoms with van der Waals surface area (Å²) in [4.78, 5) is 14.4. The van der Waals surface area contributed by atoms with E-state index < -0.39 is 10.0 Å². The van der Waals surface area contributed by atoms with Crippen molar-refractivity contribution in [3.05, 3.63) is 23.8 Å². The molecule has 0 atom stereocenters. The molecule has 0 aliphatic carbocycles. The molecule has 1 heterocycles. The molecule has 7 nitrogen and oxygen atoms in total. The lowest BCUT2D eigenvalue weighted by atomic mass is 10.0. The standard InChI is InChI=1S/C16H24N2O5S/c1-4-24(20,21)17-13-5-7-18(8-6-13)16(19)12-9-14(22-2)11-15(10-12)23-3/h9-11,13,17H,4-8H2,1-3H3. The van der Waals surface area contributed by atoms with Crippen molar-refractivity contribution in [2.75, 3.05) is 33.1 Å². The summed E-state index contributed by atoms with van der Waals surface area (Å²) in [5.74, 6) is 1.08. The van der Waals surface area contributed by atoms with Crippen LogP contribution in [0.5, 0.6) is 11.5 Å². The van der Waals surface area contributed by atoms with Gasteiger partial charge in [0.05, 0.1) is 20.0 Å². The summed E-state index contributed by atoms with van der Waals surface area (Å²) in [5, 5.41) is 0. The highest BCUT2D eigenvalue weighted by Gasteiger charge is 2.26. The van der Waals surface area contributed by atoms with E-state index in [1.807, 2.05) is 0 Å². The predicted molar refractivity (Wildman–Crippen MR) is 91.1 cm³/mol. The molecule has 1 aliphatic heterocycles. The van der Waals surface area contributed by atoms with Crippen LogP contribution < -0.4 is 14.2 Å². The monoisotopic (exact) mass is 356 g/mol. The molecule has 0 bridgehead atoms. The molecule has 1 aromatic carbocycles. The largest absolute Gasteiger partial charge is 0.497 e. The Morgan fingerprint density at radius 3 is 2.17 bits per heavy atom. The Labute approximate surface area is 143 Å². The molecule has 24 heavy (non-hydrogen) atoms. The Hall–Kier alpha value is -1.80. The van der Waals surface area contributed by atoms with Crippen LogP contribution in [-0.2, 0) is 10.0 Å². The topological polar surface area (TPSA) is 84.9 Å². The second-order valence-electron chi connectivity index (χ2n) is 5.69. The predicted octanol–water partition coefficient (Wildman–Crippen LogP) is 1.25. The van der Waals surface area contributed by atoms with Gasteiger partial charge in [0.25, 0.3) is 5.91 Å². The molecule has 2 rings (SSSR count). The fraction of sp³-hybridized carbons (Fsp3) is 0.562. The molecule has 1 fully saturated rings. The molecule has 1 amide bonds. The van der Waals surface area contributed by atoms with Gasteiger partial charge in [-0.2, -0.15) is 0 Å².